The first-order chi connectivity index (χ1) is 8.10. The Balaban J connectivity index is 2.55. The van der Waals surface area contributed by atoms with E-state index in [9.17, 15) is 13.6 Å². The Bertz CT molecular complexity index is 613. The number of aromatic amines is 1. The minimum absolute atomic E-state index is 0.0563. The van der Waals surface area contributed by atoms with E-state index >= 15 is 0 Å². The smallest absolute Gasteiger partial charge is 0.351 e. The Morgan fingerprint density at radius 1 is 1.24 bits per heavy atom. The average Bonchev–Trinajstić information content (AvgIpc) is 2.32. The number of halogens is 2. The molecule has 0 spiro atoms. The zero-order valence-electron chi connectivity index (χ0n) is 8.70. The van der Waals surface area contributed by atoms with E-state index < -0.39 is 17.3 Å². The second kappa shape index (κ2) is 4.28. The molecule has 0 atom stereocenters. The van der Waals surface area contributed by atoms with Gasteiger partial charge in [-0.25, -0.2) is 13.6 Å². The lowest BCUT2D eigenvalue weighted by atomic mass is 10.2. The summed E-state index contributed by atoms with van der Waals surface area (Å²) in [7, 11) is 1.30. The Hall–Kier alpha value is -2.31. The maximum absolute atomic E-state index is 13.0. The summed E-state index contributed by atoms with van der Waals surface area (Å²) in [5, 5.41) is 0. The van der Waals surface area contributed by atoms with Gasteiger partial charge in [-0.3, -0.25) is 4.98 Å². The van der Waals surface area contributed by atoms with E-state index in [1.54, 1.807) is 0 Å². The molecule has 7 heteroatoms. The van der Waals surface area contributed by atoms with Crippen molar-refractivity contribution in [2.75, 3.05) is 7.11 Å². The lowest BCUT2D eigenvalue weighted by molar-refractivity contribution is 0.377. The molecule has 0 saturated carbocycles. The molecule has 0 unspecified atom stereocenters. The van der Waals surface area contributed by atoms with E-state index in [2.05, 4.69) is 15.0 Å². The summed E-state index contributed by atoms with van der Waals surface area (Å²) in [6, 6.07) is 3.01. The highest BCUT2D eigenvalue weighted by Gasteiger charge is 2.08. The number of hydrogen-bond acceptors (Lipinski definition) is 4. The largest absolute Gasteiger partial charge is 0.467 e. The molecular weight excluding hydrogens is 232 g/mol. The maximum atomic E-state index is 13.0. The van der Waals surface area contributed by atoms with E-state index in [4.69, 9.17) is 4.74 Å². The Labute approximate surface area is 94.1 Å². The van der Waals surface area contributed by atoms with Gasteiger partial charge in [-0.15, -0.1) is 4.98 Å². The molecule has 0 saturated heterocycles. The van der Waals surface area contributed by atoms with E-state index in [0.29, 0.717) is 0 Å². The lowest BCUT2D eigenvalue weighted by Crippen LogP contribution is -2.14. The van der Waals surface area contributed by atoms with Gasteiger partial charge in [-0.05, 0) is 18.2 Å². The van der Waals surface area contributed by atoms with E-state index in [0.717, 1.165) is 12.1 Å². The summed E-state index contributed by atoms with van der Waals surface area (Å²) in [5.74, 6) is -1.95. The predicted octanol–water partition coefficient (Wildman–Crippen LogP) is 1.12. The van der Waals surface area contributed by atoms with Gasteiger partial charge in [0.1, 0.15) is 5.82 Å². The molecule has 0 bridgehead atoms. The molecule has 2 aromatic rings. The van der Waals surface area contributed by atoms with E-state index in [1.807, 2.05) is 0 Å². The summed E-state index contributed by atoms with van der Waals surface area (Å²) >= 11 is 0. The molecule has 1 aromatic carbocycles. The van der Waals surface area contributed by atoms with E-state index in [1.165, 1.54) is 13.2 Å². The normalized spacial score (nSPS) is 10.3. The monoisotopic (exact) mass is 239 g/mol. The highest BCUT2D eigenvalue weighted by molar-refractivity contribution is 5.54. The quantitative estimate of drug-likeness (QED) is 0.852. The third-order valence-corrected chi connectivity index (χ3v) is 2.01. The van der Waals surface area contributed by atoms with Crippen molar-refractivity contribution in [3.05, 3.63) is 40.3 Å². The predicted molar refractivity (Wildman–Crippen MR) is 54.6 cm³/mol. The fourth-order valence-corrected chi connectivity index (χ4v) is 1.24. The van der Waals surface area contributed by atoms with Crippen LogP contribution in [0, 0.1) is 11.6 Å². The van der Waals surface area contributed by atoms with Crippen molar-refractivity contribution in [2.24, 2.45) is 0 Å². The van der Waals surface area contributed by atoms with Crippen molar-refractivity contribution in [3.8, 4) is 17.4 Å². The molecule has 0 fully saturated rings. The number of nitrogens with zero attached hydrogens (tertiary/aromatic N) is 2. The van der Waals surface area contributed by atoms with Gasteiger partial charge in [0.25, 0.3) is 0 Å². The third kappa shape index (κ3) is 2.27. The molecule has 5 nitrogen and oxygen atoms in total. The molecule has 1 N–H and O–H groups in total. The SMILES string of the molecule is COc1nc(-c2ccc(F)c(F)c2)[nH]c(=O)n1. The van der Waals surface area contributed by atoms with Crippen LogP contribution in [0.1, 0.15) is 0 Å². The van der Waals surface area contributed by atoms with E-state index in [-0.39, 0.29) is 17.4 Å². The molecule has 1 aromatic heterocycles. The van der Waals surface area contributed by atoms with Crippen LogP contribution in [-0.2, 0) is 0 Å². The van der Waals surface area contributed by atoms with Crippen molar-refractivity contribution >= 4 is 0 Å². The highest BCUT2D eigenvalue weighted by atomic mass is 19.2. The van der Waals surface area contributed by atoms with Crippen LogP contribution >= 0.6 is 0 Å². The van der Waals surface area contributed by atoms with Crippen molar-refractivity contribution in [1.29, 1.82) is 0 Å². The first-order valence-corrected chi connectivity index (χ1v) is 4.58. The molecule has 0 aliphatic carbocycles. The summed E-state index contributed by atoms with van der Waals surface area (Å²) in [5.41, 5.74) is -0.460. The summed E-state index contributed by atoms with van der Waals surface area (Å²) in [4.78, 5) is 20.7. The van der Waals surface area contributed by atoms with Gasteiger partial charge in [-0.1, -0.05) is 0 Å². The van der Waals surface area contributed by atoms with Crippen molar-refractivity contribution in [1.82, 2.24) is 15.0 Å². The van der Waals surface area contributed by atoms with Crippen LogP contribution in [0.3, 0.4) is 0 Å². The number of H-pyrrole nitrogens is 1. The van der Waals surface area contributed by atoms with Gasteiger partial charge in [0.05, 0.1) is 7.11 Å². The van der Waals surface area contributed by atoms with Crippen LogP contribution < -0.4 is 10.4 Å². The molecule has 0 amide bonds. The van der Waals surface area contributed by atoms with Crippen LogP contribution in [0.2, 0.25) is 0 Å². The zero-order chi connectivity index (χ0) is 12.4. The number of hydrogen-bond donors (Lipinski definition) is 1. The molecule has 1 heterocycles. The highest BCUT2D eigenvalue weighted by Crippen LogP contribution is 2.17. The van der Waals surface area contributed by atoms with Gasteiger partial charge in [0.2, 0.25) is 0 Å². The van der Waals surface area contributed by atoms with Crippen LogP contribution in [0.25, 0.3) is 11.4 Å². The number of ether oxygens (including phenoxy) is 1. The average molecular weight is 239 g/mol. The topological polar surface area (TPSA) is 67.9 Å². The van der Waals surface area contributed by atoms with Gasteiger partial charge >= 0.3 is 11.7 Å². The van der Waals surface area contributed by atoms with Crippen molar-refractivity contribution < 1.29 is 13.5 Å². The zero-order valence-corrected chi connectivity index (χ0v) is 8.70. The minimum atomic E-state index is -1.03. The second-order valence-electron chi connectivity index (χ2n) is 3.12. The molecule has 0 aliphatic heterocycles. The van der Waals surface area contributed by atoms with Crippen LogP contribution in [-0.4, -0.2) is 22.1 Å². The fourth-order valence-electron chi connectivity index (χ4n) is 1.24. The second-order valence-corrected chi connectivity index (χ2v) is 3.12. The number of aromatic nitrogens is 3. The molecule has 0 radical (unpaired) electrons. The molecule has 17 heavy (non-hydrogen) atoms. The third-order valence-electron chi connectivity index (χ3n) is 2.01. The van der Waals surface area contributed by atoms with Gasteiger partial charge < -0.3 is 4.74 Å². The first-order valence-electron chi connectivity index (χ1n) is 4.58. The van der Waals surface area contributed by atoms with Gasteiger partial charge in [0, 0.05) is 5.56 Å². The molecule has 88 valence electrons. The standard InChI is InChI=1S/C10H7F2N3O2/c1-17-10-14-8(13-9(16)15-10)5-2-3-6(11)7(12)4-5/h2-4H,1H3,(H,13,14,15,16). The molecule has 0 aliphatic rings. The van der Waals surface area contributed by atoms with Crippen molar-refractivity contribution in [2.45, 2.75) is 0 Å². The number of nitrogens with one attached hydrogen (secondary N) is 1. The van der Waals surface area contributed by atoms with Crippen LogP contribution in [0.4, 0.5) is 8.78 Å². The summed E-state index contributed by atoms with van der Waals surface area (Å²) in [6.07, 6.45) is 0. The van der Waals surface area contributed by atoms with Crippen LogP contribution in [0.5, 0.6) is 6.01 Å². The maximum Gasteiger partial charge on any atom is 0.351 e. The van der Waals surface area contributed by atoms with Gasteiger partial charge in [0.15, 0.2) is 11.6 Å². The molecule has 2 rings (SSSR count). The Morgan fingerprint density at radius 2 is 2.00 bits per heavy atom. The fraction of sp³-hybridized carbons (Fsp3) is 0.100. The summed E-state index contributed by atoms with van der Waals surface area (Å²) in [6.45, 7) is 0. The molecular formula is C10H7F2N3O2. The number of benzene rings is 1. The summed E-state index contributed by atoms with van der Waals surface area (Å²) < 4.78 is 30.4. The minimum Gasteiger partial charge on any atom is -0.467 e. The number of rotatable bonds is 2. The van der Waals surface area contributed by atoms with Crippen LogP contribution in [0.15, 0.2) is 23.0 Å². The first kappa shape index (κ1) is 11.2. The number of methoxy groups -OCH3 is 1. The Kier molecular flexibility index (Phi) is 2.82. The van der Waals surface area contributed by atoms with Gasteiger partial charge in [-0.2, -0.15) is 4.98 Å². The lowest BCUT2D eigenvalue weighted by Gasteiger charge is -2.02. The van der Waals surface area contributed by atoms with Crippen molar-refractivity contribution in [3.63, 3.8) is 0 Å². The Morgan fingerprint density at radius 3 is 2.65 bits per heavy atom.